The molecule has 15 heavy (non-hydrogen) atoms. The molecule has 0 aromatic carbocycles. The van der Waals surface area contributed by atoms with Gasteiger partial charge >= 0.3 is 0 Å². The van der Waals surface area contributed by atoms with Crippen LogP contribution in [0.15, 0.2) is 6.33 Å². The van der Waals surface area contributed by atoms with E-state index in [2.05, 4.69) is 40.9 Å². The molecule has 0 aliphatic rings. The van der Waals surface area contributed by atoms with Crippen molar-refractivity contribution in [1.82, 2.24) is 20.1 Å². The van der Waals surface area contributed by atoms with E-state index in [0.29, 0.717) is 0 Å². The van der Waals surface area contributed by atoms with Crippen LogP contribution in [0, 0.1) is 5.92 Å². The van der Waals surface area contributed by atoms with Crippen LogP contribution < -0.4 is 5.32 Å². The van der Waals surface area contributed by atoms with Gasteiger partial charge in [-0.3, -0.25) is 0 Å². The largest absolute Gasteiger partial charge is 0.317 e. The fourth-order valence-electron chi connectivity index (χ4n) is 1.71. The van der Waals surface area contributed by atoms with Crippen molar-refractivity contribution in [2.75, 3.05) is 6.54 Å². The van der Waals surface area contributed by atoms with Crippen LogP contribution in [0.1, 0.15) is 39.4 Å². The first-order valence-electron chi connectivity index (χ1n) is 5.85. The SMILES string of the molecule is CCCC(C)CNCc1nncn1CC. The lowest BCUT2D eigenvalue weighted by Gasteiger charge is -2.11. The van der Waals surface area contributed by atoms with Crippen molar-refractivity contribution < 1.29 is 0 Å². The number of rotatable bonds is 7. The lowest BCUT2D eigenvalue weighted by atomic mass is 10.1. The highest BCUT2D eigenvalue weighted by atomic mass is 15.3. The molecule has 1 atom stereocenters. The molecule has 0 radical (unpaired) electrons. The Morgan fingerprint density at radius 3 is 2.93 bits per heavy atom. The van der Waals surface area contributed by atoms with Gasteiger partial charge in [-0.15, -0.1) is 10.2 Å². The summed E-state index contributed by atoms with van der Waals surface area (Å²) in [6, 6.07) is 0. The van der Waals surface area contributed by atoms with E-state index in [-0.39, 0.29) is 0 Å². The molecule has 0 amide bonds. The number of aryl methyl sites for hydroxylation is 1. The molecule has 86 valence electrons. The normalized spacial score (nSPS) is 13.0. The molecular weight excluding hydrogens is 188 g/mol. The Morgan fingerprint density at radius 1 is 1.47 bits per heavy atom. The predicted molar refractivity (Wildman–Crippen MR) is 61.5 cm³/mol. The first kappa shape index (κ1) is 12.2. The number of hydrogen-bond donors (Lipinski definition) is 1. The van der Waals surface area contributed by atoms with Gasteiger partial charge in [0.2, 0.25) is 0 Å². The Labute approximate surface area is 92.1 Å². The van der Waals surface area contributed by atoms with Crippen molar-refractivity contribution in [2.24, 2.45) is 5.92 Å². The molecule has 1 unspecified atom stereocenters. The van der Waals surface area contributed by atoms with E-state index in [0.717, 1.165) is 31.4 Å². The van der Waals surface area contributed by atoms with E-state index in [1.54, 1.807) is 6.33 Å². The Morgan fingerprint density at radius 2 is 2.27 bits per heavy atom. The van der Waals surface area contributed by atoms with Crippen LogP contribution in [-0.4, -0.2) is 21.3 Å². The average molecular weight is 210 g/mol. The van der Waals surface area contributed by atoms with Gasteiger partial charge in [0.15, 0.2) is 0 Å². The molecule has 4 nitrogen and oxygen atoms in total. The van der Waals surface area contributed by atoms with Crippen molar-refractivity contribution in [3.8, 4) is 0 Å². The first-order valence-corrected chi connectivity index (χ1v) is 5.85. The third kappa shape index (κ3) is 4.00. The number of aromatic nitrogens is 3. The highest BCUT2D eigenvalue weighted by Gasteiger charge is 2.03. The molecule has 0 fully saturated rings. The van der Waals surface area contributed by atoms with Gasteiger partial charge in [0.25, 0.3) is 0 Å². The Kier molecular flexibility index (Phi) is 5.32. The van der Waals surface area contributed by atoms with Gasteiger partial charge in [-0.2, -0.15) is 0 Å². The zero-order valence-electron chi connectivity index (χ0n) is 10.0. The van der Waals surface area contributed by atoms with Crippen LogP contribution >= 0.6 is 0 Å². The molecule has 0 aliphatic heterocycles. The number of nitrogens with zero attached hydrogens (tertiary/aromatic N) is 3. The maximum Gasteiger partial charge on any atom is 0.146 e. The third-order valence-electron chi connectivity index (χ3n) is 2.59. The molecule has 1 rings (SSSR count). The summed E-state index contributed by atoms with van der Waals surface area (Å²) < 4.78 is 2.07. The molecule has 4 heteroatoms. The molecule has 1 aromatic heterocycles. The van der Waals surface area contributed by atoms with Gasteiger partial charge in [0.05, 0.1) is 6.54 Å². The zero-order valence-corrected chi connectivity index (χ0v) is 10.0. The summed E-state index contributed by atoms with van der Waals surface area (Å²) in [5, 5.41) is 11.4. The predicted octanol–water partition coefficient (Wildman–Crippen LogP) is 1.82. The lowest BCUT2D eigenvalue weighted by molar-refractivity contribution is 0.467. The van der Waals surface area contributed by atoms with E-state index in [9.17, 15) is 0 Å². The molecule has 1 N–H and O–H groups in total. The van der Waals surface area contributed by atoms with Gasteiger partial charge in [-0.1, -0.05) is 20.3 Å². The topological polar surface area (TPSA) is 42.7 Å². The van der Waals surface area contributed by atoms with E-state index in [4.69, 9.17) is 0 Å². The van der Waals surface area contributed by atoms with E-state index in [1.165, 1.54) is 12.8 Å². The van der Waals surface area contributed by atoms with E-state index >= 15 is 0 Å². The quantitative estimate of drug-likeness (QED) is 0.746. The molecule has 1 aromatic rings. The van der Waals surface area contributed by atoms with E-state index in [1.807, 2.05) is 0 Å². The van der Waals surface area contributed by atoms with Crippen LogP contribution in [0.3, 0.4) is 0 Å². The summed E-state index contributed by atoms with van der Waals surface area (Å²) in [5.41, 5.74) is 0. The first-order chi connectivity index (χ1) is 7.27. The molecule has 0 spiro atoms. The fraction of sp³-hybridized carbons (Fsp3) is 0.818. The minimum atomic E-state index is 0.744. The van der Waals surface area contributed by atoms with Gasteiger partial charge in [0.1, 0.15) is 12.2 Å². The maximum atomic E-state index is 4.08. The van der Waals surface area contributed by atoms with Crippen LogP contribution in [0.25, 0.3) is 0 Å². The Hall–Kier alpha value is -0.900. The van der Waals surface area contributed by atoms with Crippen molar-refractivity contribution in [2.45, 2.75) is 46.7 Å². The summed E-state index contributed by atoms with van der Waals surface area (Å²) in [7, 11) is 0. The van der Waals surface area contributed by atoms with Crippen molar-refractivity contribution in [1.29, 1.82) is 0 Å². The van der Waals surface area contributed by atoms with Gasteiger partial charge in [0, 0.05) is 6.54 Å². The highest BCUT2D eigenvalue weighted by molar-refractivity contribution is 4.84. The highest BCUT2D eigenvalue weighted by Crippen LogP contribution is 2.03. The summed E-state index contributed by atoms with van der Waals surface area (Å²) in [5.74, 6) is 1.77. The Bertz CT molecular complexity index is 269. The smallest absolute Gasteiger partial charge is 0.146 e. The van der Waals surface area contributed by atoms with Crippen molar-refractivity contribution in [3.63, 3.8) is 0 Å². The summed E-state index contributed by atoms with van der Waals surface area (Å²) in [6.45, 7) is 9.43. The number of hydrogen-bond acceptors (Lipinski definition) is 3. The minimum Gasteiger partial charge on any atom is -0.317 e. The minimum absolute atomic E-state index is 0.744. The van der Waals surface area contributed by atoms with Crippen LogP contribution in [-0.2, 0) is 13.1 Å². The van der Waals surface area contributed by atoms with Crippen LogP contribution in [0.4, 0.5) is 0 Å². The molecule has 0 aliphatic carbocycles. The Balaban J connectivity index is 2.25. The van der Waals surface area contributed by atoms with Gasteiger partial charge < -0.3 is 9.88 Å². The summed E-state index contributed by atoms with van der Waals surface area (Å²) in [6.07, 6.45) is 4.33. The molecule has 0 saturated carbocycles. The molecular formula is C11H22N4. The number of nitrogens with one attached hydrogen (secondary N) is 1. The van der Waals surface area contributed by atoms with Crippen LogP contribution in [0.2, 0.25) is 0 Å². The summed E-state index contributed by atoms with van der Waals surface area (Å²) in [4.78, 5) is 0. The van der Waals surface area contributed by atoms with Gasteiger partial charge in [-0.25, -0.2) is 0 Å². The monoisotopic (exact) mass is 210 g/mol. The average Bonchev–Trinajstić information content (AvgIpc) is 2.66. The van der Waals surface area contributed by atoms with Crippen LogP contribution in [0.5, 0.6) is 0 Å². The standard InChI is InChI=1S/C11H22N4/c1-4-6-10(3)7-12-8-11-14-13-9-15(11)5-2/h9-10,12H,4-8H2,1-3H3. The summed E-state index contributed by atoms with van der Waals surface area (Å²) >= 11 is 0. The maximum absolute atomic E-state index is 4.08. The molecule has 0 saturated heterocycles. The lowest BCUT2D eigenvalue weighted by Crippen LogP contribution is -2.22. The fourth-order valence-corrected chi connectivity index (χ4v) is 1.71. The second-order valence-corrected chi connectivity index (χ2v) is 4.06. The third-order valence-corrected chi connectivity index (χ3v) is 2.59. The molecule has 0 bridgehead atoms. The van der Waals surface area contributed by atoms with Gasteiger partial charge in [-0.05, 0) is 25.8 Å². The molecule has 1 heterocycles. The second kappa shape index (κ2) is 6.56. The van der Waals surface area contributed by atoms with Crippen molar-refractivity contribution in [3.05, 3.63) is 12.2 Å². The zero-order chi connectivity index (χ0) is 11.1. The van der Waals surface area contributed by atoms with Crippen molar-refractivity contribution >= 4 is 0 Å². The second-order valence-electron chi connectivity index (χ2n) is 4.06. The van der Waals surface area contributed by atoms with E-state index < -0.39 is 0 Å².